The number of halogens is 2. The van der Waals surface area contributed by atoms with Crippen molar-refractivity contribution in [3.63, 3.8) is 0 Å². The van der Waals surface area contributed by atoms with Crippen molar-refractivity contribution >= 4 is 51.8 Å². The Hall–Kier alpha value is -3.46. The summed E-state index contributed by atoms with van der Waals surface area (Å²) < 4.78 is 7.53. The number of piperazine rings is 1. The van der Waals surface area contributed by atoms with E-state index in [4.69, 9.17) is 33.7 Å². The van der Waals surface area contributed by atoms with Gasteiger partial charge in [-0.3, -0.25) is 4.79 Å². The van der Waals surface area contributed by atoms with Crippen molar-refractivity contribution in [2.75, 3.05) is 43.5 Å². The quantitative estimate of drug-likeness (QED) is 0.329. The number of primary amides is 1. The van der Waals surface area contributed by atoms with Gasteiger partial charge < -0.3 is 30.4 Å². The molecule has 0 spiro atoms. The van der Waals surface area contributed by atoms with E-state index in [1.807, 2.05) is 28.7 Å². The number of fused-ring (bicyclic) bond motifs is 1. The summed E-state index contributed by atoms with van der Waals surface area (Å²) in [7, 11) is 1.62. The number of aromatic nitrogens is 2. The number of benzene rings is 2. The predicted octanol–water partition coefficient (Wildman–Crippen LogP) is 4.49. The van der Waals surface area contributed by atoms with E-state index < -0.39 is 5.91 Å². The predicted molar refractivity (Wildman–Crippen MR) is 144 cm³/mol. The van der Waals surface area contributed by atoms with E-state index in [1.165, 1.54) is 0 Å². The molecule has 8 nitrogen and oxygen atoms in total. The molecule has 10 heteroatoms. The Labute approximate surface area is 219 Å². The number of methoxy groups -OCH3 is 1. The van der Waals surface area contributed by atoms with Gasteiger partial charge in [-0.1, -0.05) is 29.3 Å². The number of pyridine rings is 1. The number of imidazole rings is 1. The lowest BCUT2D eigenvalue weighted by molar-refractivity contribution is 0.100. The minimum atomic E-state index is -0.590. The molecule has 36 heavy (non-hydrogen) atoms. The zero-order valence-electron chi connectivity index (χ0n) is 19.7. The van der Waals surface area contributed by atoms with Crippen LogP contribution in [-0.2, 0) is 6.42 Å². The van der Waals surface area contributed by atoms with Crippen LogP contribution in [0.25, 0.3) is 5.65 Å². The van der Waals surface area contributed by atoms with Gasteiger partial charge in [0.1, 0.15) is 11.3 Å². The van der Waals surface area contributed by atoms with E-state index in [0.717, 1.165) is 43.1 Å². The monoisotopic (exact) mass is 524 g/mol. The number of anilines is 3. The van der Waals surface area contributed by atoms with Gasteiger partial charge in [-0.25, -0.2) is 4.98 Å². The van der Waals surface area contributed by atoms with E-state index in [9.17, 15) is 4.79 Å². The Kier molecular flexibility index (Phi) is 6.91. The summed E-state index contributed by atoms with van der Waals surface area (Å²) >= 11 is 12.9. The molecule has 0 bridgehead atoms. The van der Waals surface area contributed by atoms with Gasteiger partial charge in [-0.2, -0.15) is 0 Å². The van der Waals surface area contributed by atoms with Gasteiger partial charge in [0.25, 0.3) is 5.91 Å². The number of ether oxygens (including phenoxy) is 1. The van der Waals surface area contributed by atoms with E-state index in [0.29, 0.717) is 39.2 Å². The van der Waals surface area contributed by atoms with Crippen molar-refractivity contribution in [2.45, 2.75) is 6.42 Å². The highest BCUT2D eigenvalue weighted by Gasteiger charge is 2.21. The van der Waals surface area contributed by atoms with Gasteiger partial charge in [0.2, 0.25) is 0 Å². The number of rotatable bonds is 7. The lowest BCUT2D eigenvalue weighted by Gasteiger charge is -2.30. The minimum absolute atomic E-state index is 0.280. The van der Waals surface area contributed by atoms with Gasteiger partial charge in [0, 0.05) is 72.5 Å². The molecular weight excluding hydrogens is 499 g/mol. The molecule has 0 unspecified atom stereocenters. The zero-order valence-corrected chi connectivity index (χ0v) is 21.2. The molecule has 0 atom stereocenters. The zero-order chi connectivity index (χ0) is 25.2. The van der Waals surface area contributed by atoms with Gasteiger partial charge in [0.15, 0.2) is 5.65 Å². The van der Waals surface area contributed by atoms with E-state index >= 15 is 0 Å². The molecule has 1 amide bonds. The summed E-state index contributed by atoms with van der Waals surface area (Å²) in [5.41, 5.74) is 10.5. The summed E-state index contributed by atoms with van der Waals surface area (Å²) in [4.78, 5) is 19.3. The maximum absolute atomic E-state index is 12.6. The Morgan fingerprint density at radius 2 is 1.89 bits per heavy atom. The molecule has 0 aliphatic carbocycles. The van der Waals surface area contributed by atoms with Crippen molar-refractivity contribution in [3.05, 3.63) is 81.7 Å². The molecule has 1 aliphatic heterocycles. The van der Waals surface area contributed by atoms with Crippen molar-refractivity contribution in [3.8, 4) is 5.75 Å². The van der Waals surface area contributed by atoms with Crippen LogP contribution in [0.2, 0.25) is 10.0 Å². The molecule has 2 aromatic heterocycles. The number of amides is 1. The first-order valence-electron chi connectivity index (χ1n) is 11.6. The second-order valence-corrected chi connectivity index (χ2v) is 9.35. The summed E-state index contributed by atoms with van der Waals surface area (Å²) in [6.07, 6.45) is 3.85. The van der Waals surface area contributed by atoms with Crippen LogP contribution in [0.4, 0.5) is 17.1 Å². The van der Waals surface area contributed by atoms with Gasteiger partial charge in [0.05, 0.1) is 18.5 Å². The molecule has 0 radical (unpaired) electrons. The normalized spacial score (nSPS) is 13.7. The third-order valence-electron chi connectivity index (χ3n) is 6.36. The van der Waals surface area contributed by atoms with Crippen LogP contribution < -0.4 is 26.0 Å². The number of carbonyl (C=O) groups is 1. The topological polar surface area (TPSA) is 96.9 Å². The van der Waals surface area contributed by atoms with Gasteiger partial charge in [-0.15, -0.1) is 0 Å². The van der Waals surface area contributed by atoms with E-state index in [-0.39, 0.29) is 5.56 Å². The van der Waals surface area contributed by atoms with Crippen LogP contribution in [0.3, 0.4) is 0 Å². The van der Waals surface area contributed by atoms with Crippen LogP contribution in [0.15, 0.2) is 54.9 Å². The third-order valence-corrected chi connectivity index (χ3v) is 7.06. The first-order valence-corrected chi connectivity index (χ1v) is 12.3. The summed E-state index contributed by atoms with van der Waals surface area (Å²) in [6.45, 7) is 3.72. The number of hydrogen-bond donors (Lipinski definition) is 3. The van der Waals surface area contributed by atoms with Crippen LogP contribution >= 0.6 is 23.2 Å². The van der Waals surface area contributed by atoms with Crippen LogP contribution in [-0.4, -0.2) is 48.6 Å². The third kappa shape index (κ3) is 4.67. The first-order chi connectivity index (χ1) is 17.5. The average molecular weight is 525 g/mol. The number of nitrogens with two attached hydrogens (primary N) is 1. The molecule has 4 N–H and O–H groups in total. The second-order valence-electron chi connectivity index (χ2n) is 8.53. The van der Waals surface area contributed by atoms with Crippen LogP contribution in [0, 0.1) is 0 Å². The Morgan fingerprint density at radius 3 is 2.58 bits per heavy atom. The maximum Gasteiger partial charge on any atom is 0.254 e. The van der Waals surface area contributed by atoms with Crippen molar-refractivity contribution in [1.82, 2.24) is 14.7 Å². The largest absolute Gasteiger partial charge is 0.494 e. The molecular formula is C26H26Cl2N6O2. The molecule has 5 rings (SSSR count). The Morgan fingerprint density at radius 1 is 1.14 bits per heavy atom. The van der Waals surface area contributed by atoms with E-state index in [1.54, 1.807) is 37.7 Å². The fraction of sp³-hybridized carbons (Fsp3) is 0.231. The standard InChI is InChI=1S/C26H26Cl2N6O2/c1-36-23-15-16(33-10-7-30-8-11-33)5-6-21(23)32-22-14-17(13-18-19(27)3-2-4-20(18)28)34-12-9-31-26(34)24(22)25(29)35/h2-6,9,12,14-15,30,32H,7-8,10-11,13H2,1H3,(H2,29,35). The summed E-state index contributed by atoms with van der Waals surface area (Å²) in [5, 5.41) is 7.86. The molecule has 1 aliphatic rings. The Bertz CT molecular complexity index is 1410. The number of hydrogen-bond acceptors (Lipinski definition) is 6. The molecule has 1 fully saturated rings. The molecule has 0 saturated carbocycles. The molecule has 186 valence electrons. The van der Waals surface area contributed by atoms with Gasteiger partial charge >= 0.3 is 0 Å². The molecule has 4 aromatic rings. The SMILES string of the molecule is COc1cc(N2CCNCC2)ccc1Nc1cc(Cc2c(Cl)cccc2Cl)n2ccnc2c1C(N)=O. The second kappa shape index (κ2) is 10.3. The molecule has 2 aromatic carbocycles. The molecule has 3 heterocycles. The van der Waals surface area contributed by atoms with Crippen LogP contribution in [0.5, 0.6) is 5.75 Å². The van der Waals surface area contributed by atoms with Crippen molar-refractivity contribution in [1.29, 1.82) is 0 Å². The Balaban J connectivity index is 1.57. The van der Waals surface area contributed by atoms with Crippen molar-refractivity contribution < 1.29 is 9.53 Å². The number of nitrogens with zero attached hydrogens (tertiary/aromatic N) is 3. The lowest BCUT2D eigenvalue weighted by Crippen LogP contribution is -2.43. The highest BCUT2D eigenvalue weighted by atomic mass is 35.5. The summed E-state index contributed by atoms with van der Waals surface area (Å²) in [6, 6.07) is 13.3. The number of carbonyl (C=O) groups excluding carboxylic acids is 1. The highest BCUT2D eigenvalue weighted by molar-refractivity contribution is 6.36. The van der Waals surface area contributed by atoms with Crippen molar-refractivity contribution in [2.24, 2.45) is 5.73 Å². The smallest absolute Gasteiger partial charge is 0.254 e. The maximum atomic E-state index is 12.6. The number of nitrogens with one attached hydrogen (secondary N) is 2. The fourth-order valence-corrected chi connectivity index (χ4v) is 5.09. The van der Waals surface area contributed by atoms with E-state index in [2.05, 4.69) is 20.5 Å². The minimum Gasteiger partial charge on any atom is -0.494 e. The molecule has 1 saturated heterocycles. The first kappa shape index (κ1) is 24.2. The fourth-order valence-electron chi connectivity index (χ4n) is 4.56. The van der Waals surface area contributed by atoms with Crippen LogP contribution in [0.1, 0.15) is 21.6 Å². The summed E-state index contributed by atoms with van der Waals surface area (Å²) in [5.74, 6) is 0.0628. The van der Waals surface area contributed by atoms with Gasteiger partial charge in [-0.05, 0) is 35.9 Å². The lowest BCUT2D eigenvalue weighted by atomic mass is 10.1. The highest BCUT2D eigenvalue weighted by Crippen LogP contribution is 2.35. The average Bonchev–Trinajstić information content (AvgIpc) is 3.36.